The molecule has 13 heavy (non-hydrogen) atoms. The van der Waals surface area contributed by atoms with Crippen molar-refractivity contribution in [3.05, 3.63) is 36.0 Å². The SMILES string of the molecule is CNC(=O)c1cccc2[nH]ccc12. The summed E-state index contributed by atoms with van der Waals surface area (Å²) in [4.78, 5) is 14.5. The number of rotatable bonds is 1. The van der Waals surface area contributed by atoms with Crippen LogP contribution in [0.3, 0.4) is 0 Å². The molecule has 0 radical (unpaired) electrons. The molecule has 2 rings (SSSR count). The van der Waals surface area contributed by atoms with Crippen molar-refractivity contribution in [2.45, 2.75) is 0 Å². The summed E-state index contributed by atoms with van der Waals surface area (Å²) in [6.07, 6.45) is 1.83. The summed E-state index contributed by atoms with van der Waals surface area (Å²) >= 11 is 0. The summed E-state index contributed by atoms with van der Waals surface area (Å²) in [5, 5.41) is 3.57. The Hall–Kier alpha value is -1.77. The van der Waals surface area contributed by atoms with E-state index in [2.05, 4.69) is 10.3 Å². The lowest BCUT2D eigenvalue weighted by molar-refractivity contribution is 0.0965. The highest BCUT2D eigenvalue weighted by molar-refractivity contribution is 6.06. The number of hydrogen-bond donors (Lipinski definition) is 2. The average molecular weight is 174 g/mol. The number of benzene rings is 1. The van der Waals surface area contributed by atoms with Gasteiger partial charge in [0.2, 0.25) is 0 Å². The van der Waals surface area contributed by atoms with Gasteiger partial charge in [0.25, 0.3) is 5.91 Å². The van der Waals surface area contributed by atoms with E-state index in [1.165, 1.54) is 0 Å². The van der Waals surface area contributed by atoms with Crippen molar-refractivity contribution in [1.82, 2.24) is 10.3 Å². The first kappa shape index (κ1) is 7.86. The minimum absolute atomic E-state index is 0.0507. The molecule has 0 aliphatic carbocycles. The second kappa shape index (κ2) is 2.94. The van der Waals surface area contributed by atoms with Gasteiger partial charge in [0.1, 0.15) is 0 Å². The minimum Gasteiger partial charge on any atom is -0.361 e. The van der Waals surface area contributed by atoms with Crippen molar-refractivity contribution in [2.75, 3.05) is 7.05 Å². The molecule has 0 atom stereocenters. The molecular weight excluding hydrogens is 164 g/mol. The maximum absolute atomic E-state index is 11.4. The Morgan fingerprint density at radius 2 is 2.23 bits per heavy atom. The zero-order valence-electron chi connectivity index (χ0n) is 7.29. The van der Waals surface area contributed by atoms with Crippen LogP contribution in [0.4, 0.5) is 0 Å². The van der Waals surface area contributed by atoms with Crippen LogP contribution in [0.1, 0.15) is 10.4 Å². The minimum atomic E-state index is -0.0507. The van der Waals surface area contributed by atoms with Gasteiger partial charge >= 0.3 is 0 Å². The van der Waals surface area contributed by atoms with Gasteiger partial charge in [-0.1, -0.05) is 6.07 Å². The summed E-state index contributed by atoms with van der Waals surface area (Å²) < 4.78 is 0. The van der Waals surface area contributed by atoms with Crippen LogP contribution < -0.4 is 5.32 Å². The lowest BCUT2D eigenvalue weighted by atomic mass is 10.1. The summed E-state index contributed by atoms with van der Waals surface area (Å²) in [7, 11) is 1.63. The Labute approximate surface area is 75.8 Å². The van der Waals surface area contributed by atoms with Crippen LogP contribution in [-0.4, -0.2) is 17.9 Å². The number of amides is 1. The zero-order chi connectivity index (χ0) is 9.26. The van der Waals surface area contributed by atoms with Crippen molar-refractivity contribution in [1.29, 1.82) is 0 Å². The van der Waals surface area contributed by atoms with Crippen LogP contribution in [-0.2, 0) is 0 Å². The number of carbonyl (C=O) groups excluding carboxylic acids is 1. The lowest BCUT2D eigenvalue weighted by Crippen LogP contribution is -2.17. The van der Waals surface area contributed by atoms with E-state index in [-0.39, 0.29) is 5.91 Å². The molecule has 1 amide bonds. The molecule has 0 aliphatic rings. The molecule has 1 aromatic carbocycles. The van der Waals surface area contributed by atoms with Gasteiger partial charge in [-0.25, -0.2) is 0 Å². The molecule has 0 fully saturated rings. The lowest BCUT2D eigenvalue weighted by Gasteiger charge is -2.00. The molecule has 1 aromatic heterocycles. The fourth-order valence-electron chi connectivity index (χ4n) is 1.42. The van der Waals surface area contributed by atoms with Gasteiger partial charge in [0.05, 0.1) is 0 Å². The second-order valence-corrected chi connectivity index (χ2v) is 2.82. The molecule has 0 bridgehead atoms. The van der Waals surface area contributed by atoms with Crippen molar-refractivity contribution >= 4 is 16.8 Å². The summed E-state index contributed by atoms with van der Waals surface area (Å²) in [6.45, 7) is 0. The van der Waals surface area contributed by atoms with Crippen LogP contribution in [0.25, 0.3) is 10.9 Å². The molecular formula is C10H10N2O. The van der Waals surface area contributed by atoms with E-state index in [1.807, 2.05) is 30.5 Å². The van der Waals surface area contributed by atoms with E-state index in [9.17, 15) is 4.79 Å². The van der Waals surface area contributed by atoms with Crippen LogP contribution in [0, 0.1) is 0 Å². The number of nitrogens with one attached hydrogen (secondary N) is 2. The Balaban J connectivity index is 2.67. The van der Waals surface area contributed by atoms with E-state index in [0.29, 0.717) is 5.56 Å². The highest BCUT2D eigenvalue weighted by atomic mass is 16.1. The summed E-state index contributed by atoms with van der Waals surface area (Å²) in [6, 6.07) is 7.53. The number of fused-ring (bicyclic) bond motifs is 1. The zero-order valence-corrected chi connectivity index (χ0v) is 7.29. The summed E-state index contributed by atoms with van der Waals surface area (Å²) in [5.74, 6) is -0.0507. The number of aromatic nitrogens is 1. The van der Waals surface area contributed by atoms with E-state index in [0.717, 1.165) is 10.9 Å². The predicted molar refractivity (Wildman–Crippen MR) is 51.7 cm³/mol. The topological polar surface area (TPSA) is 44.9 Å². The number of carbonyl (C=O) groups is 1. The normalized spacial score (nSPS) is 10.2. The summed E-state index contributed by atoms with van der Waals surface area (Å²) in [5.41, 5.74) is 1.70. The van der Waals surface area contributed by atoms with Crippen LogP contribution in [0.5, 0.6) is 0 Å². The largest absolute Gasteiger partial charge is 0.361 e. The highest BCUT2D eigenvalue weighted by Crippen LogP contribution is 2.16. The third kappa shape index (κ3) is 1.18. The number of aromatic amines is 1. The maximum atomic E-state index is 11.4. The van der Waals surface area contributed by atoms with Crippen LogP contribution in [0.2, 0.25) is 0 Å². The first-order valence-corrected chi connectivity index (χ1v) is 4.11. The molecule has 3 nitrogen and oxygen atoms in total. The first-order chi connectivity index (χ1) is 6.33. The molecule has 0 spiro atoms. The number of hydrogen-bond acceptors (Lipinski definition) is 1. The molecule has 3 heteroatoms. The van der Waals surface area contributed by atoms with E-state index in [4.69, 9.17) is 0 Å². The third-order valence-electron chi connectivity index (χ3n) is 2.07. The van der Waals surface area contributed by atoms with Crippen molar-refractivity contribution in [3.8, 4) is 0 Å². The molecule has 0 unspecified atom stereocenters. The Bertz CT molecular complexity index is 445. The van der Waals surface area contributed by atoms with Gasteiger partial charge in [0, 0.05) is 29.7 Å². The van der Waals surface area contributed by atoms with Gasteiger partial charge < -0.3 is 10.3 Å². The van der Waals surface area contributed by atoms with Crippen LogP contribution in [0.15, 0.2) is 30.5 Å². The molecule has 1 heterocycles. The average Bonchev–Trinajstić information content (AvgIpc) is 2.63. The number of H-pyrrole nitrogens is 1. The smallest absolute Gasteiger partial charge is 0.251 e. The standard InChI is InChI=1S/C10H10N2O/c1-11-10(13)8-3-2-4-9-7(8)5-6-12-9/h2-6,12H,1H3,(H,11,13). The molecule has 2 N–H and O–H groups in total. The van der Waals surface area contributed by atoms with E-state index >= 15 is 0 Å². The van der Waals surface area contributed by atoms with Gasteiger partial charge in [0.15, 0.2) is 0 Å². The molecule has 0 aliphatic heterocycles. The van der Waals surface area contributed by atoms with Gasteiger partial charge in [-0.3, -0.25) is 4.79 Å². The van der Waals surface area contributed by atoms with Crippen molar-refractivity contribution in [3.63, 3.8) is 0 Å². The molecule has 0 saturated heterocycles. The monoisotopic (exact) mass is 174 g/mol. The predicted octanol–water partition coefficient (Wildman–Crippen LogP) is 1.53. The van der Waals surface area contributed by atoms with Gasteiger partial charge in [-0.15, -0.1) is 0 Å². The Morgan fingerprint density at radius 3 is 3.00 bits per heavy atom. The van der Waals surface area contributed by atoms with Gasteiger partial charge in [-0.2, -0.15) is 0 Å². The molecule has 0 saturated carbocycles. The van der Waals surface area contributed by atoms with Gasteiger partial charge in [-0.05, 0) is 18.2 Å². The maximum Gasteiger partial charge on any atom is 0.251 e. The van der Waals surface area contributed by atoms with Crippen molar-refractivity contribution in [2.24, 2.45) is 0 Å². The van der Waals surface area contributed by atoms with Crippen LogP contribution >= 0.6 is 0 Å². The fourth-order valence-corrected chi connectivity index (χ4v) is 1.42. The van der Waals surface area contributed by atoms with E-state index in [1.54, 1.807) is 7.05 Å². The fraction of sp³-hybridized carbons (Fsp3) is 0.100. The first-order valence-electron chi connectivity index (χ1n) is 4.11. The van der Waals surface area contributed by atoms with E-state index < -0.39 is 0 Å². The third-order valence-corrected chi connectivity index (χ3v) is 2.07. The quantitative estimate of drug-likeness (QED) is 0.676. The highest BCUT2D eigenvalue weighted by Gasteiger charge is 2.07. The molecule has 66 valence electrons. The second-order valence-electron chi connectivity index (χ2n) is 2.82. The Kier molecular flexibility index (Phi) is 1.77. The van der Waals surface area contributed by atoms with Crippen molar-refractivity contribution < 1.29 is 4.79 Å². The Morgan fingerprint density at radius 1 is 1.38 bits per heavy atom. The molecule has 2 aromatic rings.